The fourth-order valence-electron chi connectivity index (χ4n) is 3.35. The summed E-state index contributed by atoms with van der Waals surface area (Å²) in [7, 11) is 0. The van der Waals surface area contributed by atoms with Gasteiger partial charge >= 0.3 is 0 Å². The van der Waals surface area contributed by atoms with Crippen LogP contribution in [-0.4, -0.2) is 11.8 Å². The summed E-state index contributed by atoms with van der Waals surface area (Å²) in [5, 5.41) is 8.77. The Morgan fingerprint density at radius 3 is 2.73 bits per heavy atom. The van der Waals surface area contributed by atoms with E-state index >= 15 is 0 Å². The number of rotatable bonds is 3. The SMILES string of the molecule is Cc1ccccc1NC(=O)c1sc2c(c1C)[C@H](c1cccs1)CC(=O)N2. The largest absolute Gasteiger partial charge is 0.321 e. The number of aryl methyl sites for hydroxylation is 1. The topological polar surface area (TPSA) is 58.2 Å². The number of benzene rings is 1. The number of amides is 2. The van der Waals surface area contributed by atoms with Crippen LogP contribution in [0.4, 0.5) is 10.7 Å². The van der Waals surface area contributed by atoms with E-state index in [1.807, 2.05) is 49.6 Å². The van der Waals surface area contributed by atoms with E-state index < -0.39 is 0 Å². The van der Waals surface area contributed by atoms with Crippen molar-refractivity contribution in [2.24, 2.45) is 0 Å². The Bertz CT molecular complexity index is 989. The van der Waals surface area contributed by atoms with Crippen LogP contribution in [0.15, 0.2) is 41.8 Å². The number of hydrogen-bond acceptors (Lipinski definition) is 4. The lowest BCUT2D eigenvalue weighted by molar-refractivity contribution is -0.116. The van der Waals surface area contributed by atoms with Crippen LogP contribution in [0.3, 0.4) is 0 Å². The number of thiophene rings is 2. The van der Waals surface area contributed by atoms with E-state index in [9.17, 15) is 9.59 Å². The molecular weight excluding hydrogens is 364 g/mol. The van der Waals surface area contributed by atoms with E-state index in [0.717, 1.165) is 32.3 Å². The van der Waals surface area contributed by atoms with Gasteiger partial charge in [0.1, 0.15) is 0 Å². The van der Waals surface area contributed by atoms with Crippen LogP contribution in [0, 0.1) is 13.8 Å². The predicted octanol–water partition coefficient (Wildman–Crippen LogP) is 5.15. The smallest absolute Gasteiger partial charge is 0.266 e. The molecule has 0 radical (unpaired) electrons. The molecule has 1 aromatic carbocycles. The van der Waals surface area contributed by atoms with E-state index in [0.29, 0.717) is 11.3 Å². The zero-order valence-electron chi connectivity index (χ0n) is 14.5. The van der Waals surface area contributed by atoms with Crippen molar-refractivity contribution < 1.29 is 9.59 Å². The first-order chi connectivity index (χ1) is 12.5. The van der Waals surface area contributed by atoms with Crippen molar-refractivity contribution in [2.75, 3.05) is 10.6 Å². The van der Waals surface area contributed by atoms with Crippen LogP contribution >= 0.6 is 22.7 Å². The Balaban J connectivity index is 1.71. The van der Waals surface area contributed by atoms with Gasteiger partial charge in [0.05, 0.1) is 9.88 Å². The Labute approximate surface area is 159 Å². The van der Waals surface area contributed by atoms with E-state index in [4.69, 9.17) is 0 Å². The molecule has 4 rings (SSSR count). The first-order valence-corrected chi connectivity index (χ1v) is 10.1. The number of carbonyl (C=O) groups excluding carboxylic acids is 2. The zero-order chi connectivity index (χ0) is 18.3. The van der Waals surface area contributed by atoms with Crippen molar-refractivity contribution in [3.05, 3.63) is 68.2 Å². The van der Waals surface area contributed by atoms with Crippen LogP contribution in [0.2, 0.25) is 0 Å². The van der Waals surface area contributed by atoms with Gasteiger partial charge in [-0.2, -0.15) is 0 Å². The van der Waals surface area contributed by atoms with E-state index in [1.165, 1.54) is 11.3 Å². The van der Waals surface area contributed by atoms with Gasteiger partial charge in [0.2, 0.25) is 5.91 Å². The minimum atomic E-state index is -0.129. The van der Waals surface area contributed by atoms with Gasteiger partial charge in [-0.05, 0) is 48.1 Å². The summed E-state index contributed by atoms with van der Waals surface area (Å²) < 4.78 is 0. The Kier molecular flexibility index (Phi) is 4.38. The normalized spacial score (nSPS) is 16.1. The quantitative estimate of drug-likeness (QED) is 0.658. The van der Waals surface area contributed by atoms with Gasteiger partial charge in [0.15, 0.2) is 0 Å². The lowest BCUT2D eigenvalue weighted by Crippen LogP contribution is -2.22. The summed E-state index contributed by atoms with van der Waals surface area (Å²) in [6, 6.07) is 11.8. The van der Waals surface area contributed by atoms with Crippen LogP contribution in [0.25, 0.3) is 0 Å². The molecule has 0 bridgehead atoms. The fraction of sp³-hybridized carbons (Fsp3) is 0.200. The van der Waals surface area contributed by atoms with Gasteiger partial charge in [-0.3, -0.25) is 9.59 Å². The maximum Gasteiger partial charge on any atom is 0.266 e. The summed E-state index contributed by atoms with van der Waals surface area (Å²) in [6.07, 6.45) is 0.421. The molecule has 2 aromatic heterocycles. The fourth-order valence-corrected chi connectivity index (χ4v) is 5.36. The molecule has 2 N–H and O–H groups in total. The van der Waals surface area contributed by atoms with Gasteiger partial charge in [0.25, 0.3) is 5.91 Å². The highest BCUT2D eigenvalue weighted by Crippen LogP contribution is 2.46. The maximum atomic E-state index is 12.9. The van der Waals surface area contributed by atoms with Gasteiger partial charge in [-0.15, -0.1) is 22.7 Å². The number of hydrogen-bond donors (Lipinski definition) is 2. The molecule has 1 aliphatic heterocycles. The number of fused-ring (bicyclic) bond motifs is 1. The third-order valence-electron chi connectivity index (χ3n) is 4.67. The first-order valence-electron chi connectivity index (χ1n) is 8.38. The third kappa shape index (κ3) is 2.95. The second kappa shape index (κ2) is 6.70. The minimum absolute atomic E-state index is 0.00279. The Hall–Kier alpha value is -2.44. The van der Waals surface area contributed by atoms with E-state index in [-0.39, 0.29) is 17.7 Å². The summed E-state index contributed by atoms with van der Waals surface area (Å²) >= 11 is 3.01. The number of nitrogens with one attached hydrogen (secondary N) is 2. The van der Waals surface area contributed by atoms with Crippen LogP contribution in [0.1, 0.15) is 43.6 Å². The van der Waals surface area contributed by atoms with Gasteiger partial charge in [-0.1, -0.05) is 24.3 Å². The Morgan fingerprint density at radius 2 is 2.00 bits per heavy atom. The highest BCUT2D eigenvalue weighted by atomic mass is 32.1. The minimum Gasteiger partial charge on any atom is -0.321 e. The van der Waals surface area contributed by atoms with Crippen molar-refractivity contribution in [3.63, 3.8) is 0 Å². The molecule has 0 aliphatic carbocycles. The highest BCUT2D eigenvalue weighted by molar-refractivity contribution is 7.18. The molecule has 132 valence electrons. The summed E-state index contributed by atoms with van der Waals surface area (Å²) in [4.78, 5) is 26.8. The predicted molar refractivity (Wildman–Crippen MR) is 108 cm³/mol. The molecule has 0 saturated carbocycles. The van der Waals surface area contributed by atoms with Gasteiger partial charge in [-0.25, -0.2) is 0 Å². The molecule has 0 fully saturated rings. The summed E-state index contributed by atoms with van der Waals surface area (Å²) in [5.41, 5.74) is 3.85. The summed E-state index contributed by atoms with van der Waals surface area (Å²) in [6.45, 7) is 3.94. The molecule has 1 atom stereocenters. The molecule has 3 heterocycles. The van der Waals surface area contributed by atoms with Gasteiger partial charge in [0, 0.05) is 22.9 Å². The molecule has 2 amide bonds. The number of carbonyl (C=O) groups is 2. The van der Waals surface area contributed by atoms with Crippen molar-refractivity contribution in [3.8, 4) is 0 Å². The molecule has 0 unspecified atom stereocenters. The second-order valence-corrected chi connectivity index (χ2v) is 8.39. The molecule has 1 aliphatic rings. The van der Waals surface area contributed by atoms with Crippen molar-refractivity contribution >= 4 is 45.2 Å². The van der Waals surface area contributed by atoms with Crippen LogP contribution in [0.5, 0.6) is 0 Å². The number of anilines is 2. The number of para-hydroxylation sites is 1. The van der Waals surface area contributed by atoms with Crippen molar-refractivity contribution in [1.29, 1.82) is 0 Å². The van der Waals surface area contributed by atoms with Crippen LogP contribution in [-0.2, 0) is 4.79 Å². The monoisotopic (exact) mass is 382 g/mol. The average Bonchev–Trinajstić information content (AvgIpc) is 3.25. The molecule has 0 saturated heterocycles. The van der Waals surface area contributed by atoms with E-state index in [1.54, 1.807) is 11.3 Å². The van der Waals surface area contributed by atoms with E-state index in [2.05, 4.69) is 16.7 Å². The first kappa shape index (κ1) is 17.0. The molecule has 4 nitrogen and oxygen atoms in total. The maximum absolute atomic E-state index is 12.9. The molecule has 0 spiro atoms. The molecule has 3 aromatic rings. The lowest BCUT2D eigenvalue weighted by Gasteiger charge is -2.22. The average molecular weight is 383 g/mol. The third-order valence-corrected chi connectivity index (χ3v) is 6.88. The highest BCUT2D eigenvalue weighted by Gasteiger charge is 2.33. The molecule has 6 heteroatoms. The lowest BCUT2D eigenvalue weighted by atomic mass is 9.89. The van der Waals surface area contributed by atoms with Gasteiger partial charge < -0.3 is 10.6 Å². The second-order valence-electron chi connectivity index (χ2n) is 6.39. The van der Waals surface area contributed by atoms with Crippen molar-refractivity contribution in [2.45, 2.75) is 26.2 Å². The molecular formula is C20H18N2O2S2. The summed E-state index contributed by atoms with van der Waals surface area (Å²) in [5.74, 6) is -0.103. The van der Waals surface area contributed by atoms with Crippen molar-refractivity contribution in [1.82, 2.24) is 0 Å². The standard InChI is InChI=1S/C20H18N2O2S2/c1-11-6-3-4-7-14(11)21-19(24)18-12(2)17-13(15-8-5-9-25-15)10-16(23)22-20(17)26-18/h3-9,13H,10H2,1-2H3,(H,21,24)(H,22,23)/t13-/m0/s1. The molecule has 26 heavy (non-hydrogen) atoms. The zero-order valence-corrected chi connectivity index (χ0v) is 16.1. The Morgan fingerprint density at radius 1 is 1.19 bits per heavy atom. The van der Waals surface area contributed by atoms with Crippen LogP contribution < -0.4 is 10.6 Å².